The summed E-state index contributed by atoms with van der Waals surface area (Å²) in [6, 6.07) is 28.8. The minimum atomic E-state index is -0.633. The van der Waals surface area contributed by atoms with Crippen molar-refractivity contribution < 1.29 is 5.11 Å². The molecule has 28 heavy (non-hydrogen) atoms. The minimum Gasteiger partial charge on any atom is -0.391 e. The summed E-state index contributed by atoms with van der Waals surface area (Å²) < 4.78 is 0. The lowest BCUT2D eigenvalue weighted by Crippen LogP contribution is -2.28. The topological polar surface area (TPSA) is 46.2 Å². The number of aliphatic hydroxyl groups is 1. The van der Waals surface area contributed by atoms with Gasteiger partial charge in [-0.2, -0.15) is 0 Å². The van der Waals surface area contributed by atoms with Gasteiger partial charge in [-0.1, -0.05) is 84.9 Å². The summed E-state index contributed by atoms with van der Waals surface area (Å²) >= 11 is 0. The molecular formula is C25H22ClNO. The number of hydrogen-bond donors (Lipinski definition) is 2. The van der Waals surface area contributed by atoms with E-state index in [0.29, 0.717) is 6.42 Å². The summed E-state index contributed by atoms with van der Waals surface area (Å²) in [5, 5.41) is 18.1. The van der Waals surface area contributed by atoms with Crippen molar-refractivity contribution in [1.29, 1.82) is 0 Å². The van der Waals surface area contributed by atoms with Crippen molar-refractivity contribution >= 4 is 44.7 Å². The zero-order valence-corrected chi connectivity index (χ0v) is 16.2. The van der Waals surface area contributed by atoms with Crippen LogP contribution in [0.25, 0.3) is 32.3 Å². The van der Waals surface area contributed by atoms with Crippen LogP contribution in [0.3, 0.4) is 0 Å². The second-order valence-electron chi connectivity index (χ2n) is 7.29. The van der Waals surface area contributed by atoms with E-state index in [-0.39, 0.29) is 12.4 Å². The molecule has 0 aromatic heterocycles. The molecule has 0 unspecified atom stereocenters. The van der Waals surface area contributed by atoms with Crippen LogP contribution in [0.4, 0.5) is 0 Å². The van der Waals surface area contributed by atoms with Gasteiger partial charge in [0.25, 0.3) is 0 Å². The fourth-order valence-corrected chi connectivity index (χ4v) is 4.24. The highest BCUT2D eigenvalue weighted by Crippen LogP contribution is 2.37. The summed E-state index contributed by atoms with van der Waals surface area (Å²) in [7, 11) is 0. The molecule has 0 aliphatic rings. The van der Waals surface area contributed by atoms with Gasteiger partial charge in [0, 0.05) is 6.42 Å². The monoisotopic (exact) mass is 387 g/mol. The molecule has 0 fully saturated rings. The fraction of sp³-hybridized carbons (Fsp3) is 0.120. The van der Waals surface area contributed by atoms with E-state index in [9.17, 15) is 5.11 Å². The molecule has 0 radical (unpaired) electrons. The Balaban J connectivity index is 0.00000192. The molecule has 0 saturated heterocycles. The molecule has 5 aromatic rings. The molecule has 0 aliphatic carbocycles. The average molecular weight is 388 g/mol. The first-order valence-electron chi connectivity index (χ1n) is 9.36. The standard InChI is InChI=1S/C25H21NO.ClH/c26-25(22(27)15-16-5-2-1-3-6-16)21-14-12-19-10-9-17-7-4-8-18-11-13-20(21)24(19)23(17)18;/h1-14,22,25,27H,15,26H2;1H/t22-,25+;/m1./s1. The van der Waals surface area contributed by atoms with Crippen LogP contribution in [0.2, 0.25) is 0 Å². The van der Waals surface area contributed by atoms with Gasteiger partial charge in [-0.15, -0.1) is 12.4 Å². The van der Waals surface area contributed by atoms with Crippen molar-refractivity contribution in [2.75, 3.05) is 0 Å². The zero-order chi connectivity index (χ0) is 18.4. The largest absolute Gasteiger partial charge is 0.391 e. The maximum atomic E-state index is 10.8. The molecule has 0 amide bonds. The van der Waals surface area contributed by atoms with Crippen molar-refractivity contribution in [2.45, 2.75) is 18.6 Å². The van der Waals surface area contributed by atoms with Crippen molar-refractivity contribution in [3.8, 4) is 0 Å². The molecule has 140 valence electrons. The number of halogens is 1. The van der Waals surface area contributed by atoms with Crippen molar-refractivity contribution in [3.63, 3.8) is 0 Å². The molecule has 0 spiro atoms. The van der Waals surface area contributed by atoms with E-state index in [1.165, 1.54) is 26.9 Å². The molecular weight excluding hydrogens is 366 g/mol. The third-order valence-corrected chi connectivity index (χ3v) is 5.62. The van der Waals surface area contributed by atoms with E-state index < -0.39 is 12.1 Å². The highest BCUT2D eigenvalue weighted by molar-refractivity contribution is 6.23. The van der Waals surface area contributed by atoms with Crippen LogP contribution in [0, 0.1) is 0 Å². The molecule has 0 aliphatic heterocycles. The number of hydrogen-bond acceptors (Lipinski definition) is 2. The van der Waals surface area contributed by atoms with E-state index in [2.05, 4.69) is 54.6 Å². The van der Waals surface area contributed by atoms with Gasteiger partial charge in [0.2, 0.25) is 0 Å². The first kappa shape index (κ1) is 18.7. The van der Waals surface area contributed by atoms with Crippen LogP contribution in [-0.2, 0) is 6.42 Å². The average Bonchev–Trinajstić information content (AvgIpc) is 2.72. The normalized spacial score (nSPS) is 13.6. The van der Waals surface area contributed by atoms with Gasteiger partial charge in [-0.3, -0.25) is 0 Å². The smallest absolute Gasteiger partial charge is 0.0773 e. The molecule has 3 heteroatoms. The van der Waals surface area contributed by atoms with Crippen LogP contribution in [0.5, 0.6) is 0 Å². The molecule has 0 saturated carbocycles. The van der Waals surface area contributed by atoms with Gasteiger partial charge < -0.3 is 10.8 Å². The maximum Gasteiger partial charge on any atom is 0.0773 e. The second-order valence-corrected chi connectivity index (χ2v) is 7.29. The van der Waals surface area contributed by atoms with Crippen molar-refractivity contribution in [1.82, 2.24) is 0 Å². The predicted octanol–water partition coefficient (Wildman–Crippen LogP) is 5.61. The van der Waals surface area contributed by atoms with E-state index in [1.807, 2.05) is 30.3 Å². The second kappa shape index (κ2) is 7.40. The number of aliphatic hydroxyl groups excluding tert-OH is 1. The Morgan fingerprint density at radius 1 is 0.679 bits per heavy atom. The Bertz CT molecular complexity index is 1220. The van der Waals surface area contributed by atoms with E-state index in [1.54, 1.807) is 0 Å². The summed E-state index contributed by atoms with van der Waals surface area (Å²) in [6.07, 6.45) is -0.0878. The van der Waals surface area contributed by atoms with E-state index in [4.69, 9.17) is 5.73 Å². The minimum absolute atomic E-state index is 0. The Labute approximate surface area is 170 Å². The van der Waals surface area contributed by atoms with Crippen molar-refractivity contribution in [3.05, 3.63) is 96.1 Å². The molecule has 0 heterocycles. The Hall–Kier alpha value is -2.65. The van der Waals surface area contributed by atoms with Crippen molar-refractivity contribution in [2.24, 2.45) is 5.73 Å². The Morgan fingerprint density at radius 3 is 2.00 bits per heavy atom. The first-order valence-corrected chi connectivity index (χ1v) is 9.36. The van der Waals surface area contributed by atoms with Gasteiger partial charge in [-0.25, -0.2) is 0 Å². The highest BCUT2D eigenvalue weighted by Gasteiger charge is 2.21. The number of benzene rings is 5. The zero-order valence-electron chi connectivity index (χ0n) is 15.4. The summed E-state index contributed by atoms with van der Waals surface area (Å²) in [5.41, 5.74) is 8.63. The van der Waals surface area contributed by atoms with Crippen LogP contribution < -0.4 is 5.73 Å². The van der Waals surface area contributed by atoms with Gasteiger partial charge in [0.05, 0.1) is 12.1 Å². The first-order chi connectivity index (χ1) is 13.2. The van der Waals surface area contributed by atoms with Crippen LogP contribution >= 0.6 is 12.4 Å². The molecule has 5 rings (SSSR count). The van der Waals surface area contributed by atoms with Gasteiger partial charge in [0.1, 0.15) is 0 Å². The van der Waals surface area contributed by atoms with Crippen LogP contribution in [-0.4, -0.2) is 11.2 Å². The lowest BCUT2D eigenvalue weighted by molar-refractivity contribution is 0.145. The van der Waals surface area contributed by atoms with Crippen LogP contribution in [0.1, 0.15) is 17.2 Å². The molecule has 2 atom stereocenters. The predicted molar refractivity (Wildman–Crippen MR) is 120 cm³/mol. The van der Waals surface area contributed by atoms with Gasteiger partial charge >= 0.3 is 0 Å². The summed E-state index contributed by atoms with van der Waals surface area (Å²) in [4.78, 5) is 0. The Kier molecular flexibility index (Phi) is 4.94. The molecule has 3 N–H and O–H groups in total. The number of rotatable bonds is 4. The summed E-state index contributed by atoms with van der Waals surface area (Å²) in [5.74, 6) is 0. The number of nitrogens with two attached hydrogens (primary N) is 1. The molecule has 5 aromatic carbocycles. The maximum absolute atomic E-state index is 10.8. The lowest BCUT2D eigenvalue weighted by Gasteiger charge is -2.22. The fourth-order valence-electron chi connectivity index (χ4n) is 4.24. The van der Waals surface area contributed by atoms with E-state index >= 15 is 0 Å². The third kappa shape index (κ3) is 3.00. The van der Waals surface area contributed by atoms with E-state index in [0.717, 1.165) is 16.5 Å². The Morgan fingerprint density at radius 2 is 1.29 bits per heavy atom. The third-order valence-electron chi connectivity index (χ3n) is 5.62. The van der Waals surface area contributed by atoms with Gasteiger partial charge in [-0.05, 0) is 43.4 Å². The van der Waals surface area contributed by atoms with Gasteiger partial charge in [0.15, 0.2) is 0 Å². The molecule has 2 nitrogen and oxygen atoms in total. The highest BCUT2D eigenvalue weighted by atomic mass is 35.5. The SMILES string of the molecule is Cl.N[C@@H](c1ccc2ccc3cccc4ccc1c2c34)[C@H](O)Cc1ccccc1. The lowest BCUT2D eigenvalue weighted by atomic mass is 9.88. The van der Waals surface area contributed by atoms with Crippen LogP contribution in [0.15, 0.2) is 84.9 Å². The molecule has 0 bridgehead atoms. The summed E-state index contributed by atoms with van der Waals surface area (Å²) in [6.45, 7) is 0. The quantitative estimate of drug-likeness (QED) is 0.394.